The summed E-state index contributed by atoms with van der Waals surface area (Å²) in [6, 6.07) is 0. The lowest BCUT2D eigenvalue weighted by molar-refractivity contribution is -0.145. The van der Waals surface area contributed by atoms with Crippen molar-refractivity contribution in [1.82, 2.24) is 0 Å². The second-order valence-corrected chi connectivity index (χ2v) is 3.85. The van der Waals surface area contributed by atoms with Crippen LogP contribution in [0.5, 0.6) is 0 Å². The van der Waals surface area contributed by atoms with Crippen LogP contribution in [0.2, 0.25) is 0 Å². The molecule has 14 heavy (non-hydrogen) atoms. The van der Waals surface area contributed by atoms with Gasteiger partial charge in [0.25, 0.3) is 0 Å². The Morgan fingerprint density at radius 1 is 1.21 bits per heavy atom. The van der Waals surface area contributed by atoms with E-state index in [0.717, 1.165) is 12.8 Å². The van der Waals surface area contributed by atoms with Crippen molar-refractivity contribution < 1.29 is 9.53 Å². The number of carbonyl (C=O) groups excluding carboxylic acids is 1. The molecule has 0 radical (unpaired) electrons. The molecule has 2 nitrogen and oxygen atoms in total. The first-order chi connectivity index (χ1) is 6.74. The fourth-order valence-corrected chi connectivity index (χ4v) is 1.39. The molecule has 0 aliphatic heterocycles. The molecular formula is C12H24O2. The van der Waals surface area contributed by atoms with Crippen molar-refractivity contribution in [2.24, 2.45) is 5.92 Å². The van der Waals surface area contributed by atoms with E-state index in [2.05, 4.69) is 13.8 Å². The number of rotatable bonds is 8. The quantitative estimate of drug-likeness (QED) is 0.560. The average Bonchev–Trinajstić information content (AvgIpc) is 2.19. The van der Waals surface area contributed by atoms with Gasteiger partial charge in [-0.1, -0.05) is 40.0 Å². The van der Waals surface area contributed by atoms with Gasteiger partial charge in [0.1, 0.15) is 0 Å². The van der Waals surface area contributed by atoms with Crippen LogP contribution in [0, 0.1) is 5.92 Å². The fraction of sp³-hybridized carbons (Fsp3) is 0.917. The maximum Gasteiger partial charge on any atom is 0.305 e. The molecule has 0 aromatic rings. The van der Waals surface area contributed by atoms with Gasteiger partial charge >= 0.3 is 5.97 Å². The standard InChI is InChI=1S/C12H24O2/c1-4-7-9-11(6-3)10-14-12(13)8-5-2/h11H,4-10H2,1-3H3/t11-/m0/s1. The van der Waals surface area contributed by atoms with Crippen molar-refractivity contribution in [1.29, 1.82) is 0 Å². The van der Waals surface area contributed by atoms with Gasteiger partial charge in [0.15, 0.2) is 0 Å². The Hall–Kier alpha value is -0.530. The minimum Gasteiger partial charge on any atom is -0.465 e. The second-order valence-electron chi connectivity index (χ2n) is 3.85. The third kappa shape index (κ3) is 6.93. The van der Waals surface area contributed by atoms with E-state index in [4.69, 9.17) is 4.74 Å². The van der Waals surface area contributed by atoms with Gasteiger partial charge in [0.2, 0.25) is 0 Å². The molecule has 0 heterocycles. The molecule has 0 N–H and O–H groups in total. The molecule has 2 heteroatoms. The Kier molecular flexibility index (Phi) is 8.70. The molecular weight excluding hydrogens is 176 g/mol. The number of hydrogen-bond acceptors (Lipinski definition) is 2. The van der Waals surface area contributed by atoms with Gasteiger partial charge in [-0.05, 0) is 18.8 Å². The van der Waals surface area contributed by atoms with Crippen molar-refractivity contribution in [2.75, 3.05) is 6.61 Å². The van der Waals surface area contributed by atoms with Crippen molar-refractivity contribution in [3.05, 3.63) is 0 Å². The summed E-state index contributed by atoms with van der Waals surface area (Å²) in [6.45, 7) is 6.97. The van der Waals surface area contributed by atoms with E-state index in [1.165, 1.54) is 19.3 Å². The molecule has 0 fully saturated rings. The van der Waals surface area contributed by atoms with Crippen molar-refractivity contribution >= 4 is 5.97 Å². The largest absolute Gasteiger partial charge is 0.465 e. The molecule has 0 saturated heterocycles. The summed E-state index contributed by atoms with van der Waals surface area (Å²) < 4.78 is 5.19. The Bertz CT molecular complexity index is 143. The van der Waals surface area contributed by atoms with E-state index in [-0.39, 0.29) is 5.97 Å². The Morgan fingerprint density at radius 3 is 2.43 bits per heavy atom. The van der Waals surface area contributed by atoms with Crippen LogP contribution in [-0.4, -0.2) is 12.6 Å². The summed E-state index contributed by atoms with van der Waals surface area (Å²) in [6.07, 6.45) is 6.20. The molecule has 0 bridgehead atoms. The van der Waals surface area contributed by atoms with Crippen molar-refractivity contribution in [2.45, 2.75) is 59.3 Å². The first-order valence-electron chi connectivity index (χ1n) is 5.90. The summed E-state index contributed by atoms with van der Waals surface area (Å²) in [5.74, 6) is 0.526. The molecule has 0 aromatic heterocycles. The molecule has 0 amide bonds. The van der Waals surface area contributed by atoms with Crippen LogP contribution >= 0.6 is 0 Å². The van der Waals surface area contributed by atoms with Gasteiger partial charge in [-0.15, -0.1) is 0 Å². The lowest BCUT2D eigenvalue weighted by Crippen LogP contribution is -2.13. The van der Waals surface area contributed by atoms with Gasteiger partial charge in [0, 0.05) is 6.42 Å². The van der Waals surface area contributed by atoms with E-state index in [9.17, 15) is 4.79 Å². The van der Waals surface area contributed by atoms with Crippen LogP contribution in [-0.2, 0) is 9.53 Å². The molecule has 0 saturated carbocycles. The van der Waals surface area contributed by atoms with Gasteiger partial charge < -0.3 is 4.74 Å². The molecule has 0 spiro atoms. The van der Waals surface area contributed by atoms with Crippen LogP contribution < -0.4 is 0 Å². The number of unbranched alkanes of at least 4 members (excludes halogenated alkanes) is 1. The molecule has 0 aromatic carbocycles. The van der Waals surface area contributed by atoms with Crippen molar-refractivity contribution in [3.8, 4) is 0 Å². The fourth-order valence-electron chi connectivity index (χ4n) is 1.39. The SMILES string of the molecule is CCCC[C@H](CC)COC(=O)CCC. The highest BCUT2D eigenvalue weighted by Crippen LogP contribution is 2.13. The smallest absolute Gasteiger partial charge is 0.305 e. The maximum absolute atomic E-state index is 11.1. The number of ether oxygens (including phenoxy) is 1. The minimum atomic E-state index is -0.0394. The molecule has 0 aliphatic rings. The van der Waals surface area contributed by atoms with Crippen LogP contribution in [0.25, 0.3) is 0 Å². The highest BCUT2D eigenvalue weighted by atomic mass is 16.5. The van der Waals surface area contributed by atoms with E-state index in [0.29, 0.717) is 18.9 Å². The van der Waals surface area contributed by atoms with Crippen LogP contribution in [0.1, 0.15) is 59.3 Å². The number of carbonyl (C=O) groups is 1. The molecule has 0 aliphatic carbocycles. The zero-order chi connectivity index (χ0) is 10.8. The predicted molar refractivity (Wildman–Crippen MR) is 59.2 cm³/mol. The number of esters is 1. The lowest BCUT2D eigenvalue weighted by Gasteiger charge is -2.14. The maximum atomic E-state index is 11.1. The molecule has 0 rings (SSSR count). The summed E-state index contributed by atoms with van der Waals surface area (Å²) in [5.41, 5.74) is 0. The van der Waals surface area contributed by atoms with E-state index in [1.54, 1.807) is 0 Å². The highest BCUT2D eigenvalue weighted by molar-refractivity contribution is 5.69. The van der Waals surface area contributed by atoms with E-state index >= 15 is 0 Å². The first-order valence-corrected chi connectivity index (χ1v) is 5.90. The van der Waals surface area contributed by atoms with Gasteiger partial charge in [-0.3, -0.25) is 4.79 Å². The summed E-state index contributed by atoms with van der Waals surface area (Å²) in [7, 11) is 0. The lowest BCUT2D eigenvalue weighted by atomic mass is 10.0. The topological polar surface area (TPSA) is 26.3 Å². The third-order valence-electron chi connectivity index (χ3n) is 2.48. The monoisotopic (exact) mass is 200 g/mol. The van der Waals surface area contributed by atoms with Crippen molar-refractivity contribution in [3.63, 3.8) is 0 Å². The van der Waals surface area contributed by atoms with E-state index < -0.39 is 0 Å². The third-order valence-corrected chi connectivity index (χ3v) is 2.48. The molecule has 0 unspecified atom stereocenters. The van der Waals surface area contributed by atoms with Gasteiger partial charge in [-0.2, -0.15) is 0 Å². The molecule has 1 atom stereocenters. The Balaban J connectivity index is 3.55. The van der Waals surface area contributed by atoms with Crippen LogP contribution in [0.4, 0.5) is 0 Å². The second kappa shape index (κ2) is 9.04. The summed E-state index contributed by atoms with van der Waals surface area (Å²) >= 11 is 0. The summed E-state index contributed by atoms with van der Waals surface area (Å²) in [5, 5.41) is 0. The predicted octanol–water partition coefficient (Wildman–Crippen LogP) is 3.55. The van der Waals surface area contributed by atoms with Crippen LogP contribution in [0.15, 0.2) is 0 Å². The average molecular weight is 200 g/mol. The summed E-state index contributed by atoms with van der Waals surface area (Å²) in [4.78, 5) is 11.1. The zero-order valence-corrected chi connectivity index (χ0v) is 9.84. The number of hydrogen-bond donors (Lipinski definition) is 0. The Labute approximate surface area is 88.0 Å². The Morgan fingerprint density at radius 2 is 1.93 bits per heavy atom. The van der Waals surface area contributed by atoms with Crippen LogP contribution in [0.3, 0.4) is 0 Å². The normalized spacial score (nSPS) is 12.5. The highest BCUT2D eigenvalue weighted by Gasteiger charge is 2.08. The first kappa shape index (κ1) is 13.5. The molecule has 84 valence electrons. The zero-order valence-electron chi connectivity index (χ0n) is 9.84. The van der Waals surface area contributed by atoms with Gasteiger partial charge in [0.05, 0.1) is 6.61 Å². The van der Waals surface area contributed by atoms with E-state index in [1.807, 2.05) is 6.92 Å². The van der Waals surface area contributed by atoms with Gasteiger partial charge in [-0.25, -0.2) is 0 Å². The minimum absolute atomic E-state index is 0.0394.